The summed E-state index contributed by atoms with van der Waals surface area (Å²) in [6.07, 6.45) is 5.11. The van der Waals surface area contributed by atoms with Crippen LogP contribution in [0.4, 0.5) is 0 Å². The SMILES string of the molecule is COc1ccc(C(=O)NCC(c2ccco2)n2cccn2)cc1OC. The molecule has 0 aliphatic heterocycles. The Bertz CT molecular complexity index is 779. The van der Waals surface area contributed by atoms with Crippen molar-refractivity contribution < 1.29 is 18.7 Å². The smallest absolute Gasteiger partial charge is 0.251 e. The standard InChI is InChI=1S/C18H19N3O4/c1-23-16-7-6-13(11-17(16)24-2)18(22)19-12-14(15-5-3-10-25-15)21-9-4-8-20-21/h3-11,14H,12H2,1-2H3,(H,19,22). The predicted octanol–water partition coefficient (Wildman–Crippen LogP) is 2.51. The van der Waals surface area contributed by atoms with Crippen LogP contribution < -0.4 is 14.8 Å². The van der Waals surface area contributed by atoms with Gasteiger partial charge >= 0.3 is 0 Å². The predicted molar refractivity (Wildman–Crippen MR) is 91.0 cm³/mol. The molecule has 0 spiro atoms. The second kappa shape index (κ2) is 7.57. The minimum atomic E-state index is -0.228. The van der Waals surface area contributed by atoms with Gasteiger partial charge in [-0.2, -0.15) is 5.10 Å². The van der Waals surface area contributed by atoms with Crippen LogP contribution in [0.15, 0.2) is 59.5 Å². The molecule has 0 saturated carbocycles. The first kappa shape index (κ1) is 16.6. The molecular weight excluding hydrogens is 322 g/mol. The van der Waals surface area contributed by atoms with Crippen LogP contribution >= 0.6 is 0 Å². The van der Waals surface area contributed by atoms with E-state index in [1.165, 1.54) is 7.11 Å². The summed E-state index contributed by atoms with van der Waals surface area (Å²) in [7, 11) is 3.08. The maximum absolute atomic E-state index is 12.5. The summed E-state index contributed by atoms with van der Waals surface area (Å²) in [4.78, 5) is 12.5. The number of benzene rings is 1. The van der Waals surface area contributed by atoms with Crippen molar-refractivity contribution in [3.05, 3.63) is 66.4 Å². The first-order valence-corrected chi connectivity index (χ1v) is 7.75. The second-order valence-electron chi connectivity index (χ2n) is 5.30. The summed E-state index contributed by atoms with van der Waals surface area (Å²) in [5.41, 5.74) is 0.483. The van der Waals surface area contributed by atoms with Crippen LogP contribution in [0.1, 0.15) is 22.2 Å². The average molecular weight is 341 g/mol. The molecule has 0 aliphatic carbocycles. The van der Waals surface area contributed by atoms with E-state index < -0.39 is 0 Å². The lowest BCUT2D eigenvalue weighted by molar-refractivity contribution is 0.0947. The van der Waals surface area contributed by atoms with E-state index in [2.05, 4.69) is 10.4 Å². The summed E-state index contributed by atoms with van der Waals surface area (Å²) < 4.78 is 17.6. The number of ether oxygens (including phenoxy) is 2. The zero-order chi connectivity index (χ0) is 17.6. The number of nitrogens with one attached hydrogen (secondary N) is 1. The van der Waals surface area contributed by atoms with Gasteiger partial charge in [-0.05, 0) is 36.4 Å². The highest BCUT2D eigenvalue weighted by Gasteiger charge is 2.19. The summed E-state index contributed by atoms with van der Waals surface area (Å²) in [5, 5.41) is 7.15. The van der Waals surface area contributed by atoms with Gasteiger partial charge in [0.15, 0.2) is 11.5 Å². The molecule has 0 fully saturated rings. The highest BCUT2D eigenvalue weighted by atomic mass is 16.5. The molecule has 0 aliphatic rings. The Hall–Kier alpha value is -3.22. The third-order valence-corrected chi connectivity index (χ3v) is 3.82. The number of methoxy groups -OCH3 is 2. The van der Waals surface area contributed by atoms with Crippen LogP contribution in [0.25, 0.3) is 0 Å². The maximum atomic E-state index is 12.5. The molecule has 25 heavy (non-hydrogen) atoms. The summed E-state index contributed by atoms with van der Waals surface area (Å²) >= 11 is 0. The zero-order valence-electron chi connectivity index (χ0n) is 14.0. The van der Waals surface area contributed by atoms with E-state index in [9.17, 15) is 4.79 Å². The van der Waals surface area contributed by atoms with Crippen LogP contribution in [0.5, 0.6) is 11.5 Å². The first-order valence-electron chi connectivity index (χ1n) is 7.75. The third kappa shape index (κ3) is 3.65. The molecule has 7 heteroatoms. The summed E-state index contributed by atoms with van der Waals surface area (Å²) in [6.45, 7) is 0.336. The molecule has 3 aromatic rings. The Morgan fingerprint density at radius 1 is 1.24 bits per heavy atom. The average Bonchev–Trinajstić information content (AvgIpc) is 3.35. The first-order chi connectivity index (χ1) is 12.2. The minimum absolute atomic E-state index is 0.218. The number of aromatic nitrogens is 2. The van der Waals surface area contributed by atoms with Crippen molar-refractivity contribution in [3.63, 3.8) is 0 Å². The van der Waals surface area contributed by atoms with Crippen LogP contribution in [0.2, 0.25) is 0 Å². The van der Waals surface area contributed by atoms with Gasteiger partial charge in [0.05, 0.1) is 20.5 Å². The van der Waals surface area contributed by atoms with Gasteiger partial charge in [0, 0.05) is 24.5 Å². The number of carbonyl (C=O) groups excluding carboxylic acids is 1. The van der Waals surface area contributed by atoms with Crippen molar-refractivity contribution in [2.75, 3.05) is 20.8 Å². The second-order valence-corrected chi connectivity index (χ2v) is 5.30. The fraction of sp³-hybridized carbons (Fsp3) is 0.222. The Balaban J connectivity index is 1.74. The Labute approximate surface area is 145 Å². The van der Waals surface area contributed by atoms with E-state index in [0.29, 0.717) is 23.6 Å². The van der Waals surface area contributed by atoms with Crippen LogP contribution in [-0.4, -0.2) is 36.5 Å². The highest BCUT2D eigenvalue weighted by molar-refractivity contribution is 5.94. The molecule has 0 radical (unpaired) electrons. The molecule has 130 valence electrons. The van der Waals surface area contributed by atoms with E-state index in [0.717, 1.165) is 5.76 Å². The van der Waals surface area contributed by atoms with E-state index in [-0.39, 0.29) is 11.9 Å². The molecule has 3 rings (SSSR count). The van der Waals surface area contributed by atoms with Gasteiger partial charge in [0.1, 0.15) is 11.8 Å². The molecule has 1 aromatic carbocycles. The van der Waals surface area contributed by atoms with Gasteiger partial charge < -0.3 is 19.2 Å². The van der Waals surface area contributed by atoms with Gasteiger partial charge in [-0.1, -0.05) is 0 Å². The number of hydrogen-bond donors (Lipinski definition) is 1. The summed E-state index contributed by atoms with van der Waals surface area (Å²) in [5.74, 6) is 1.58. The van der Waals surface area contributed by atoms with Gasteiger partial charge in [-0.15, -0.1) is 0 Å². The molecular formula is C18H19N3O4. The molecule has 2 aromatic heterocycles. The molecule has 1 N–H and O–H groups in total. The van der Waals surface area contributed by atoms with Crippen molar-refractivity contribution in [1.29, 1.82) is 0 Å². The highest BCUT2D eigenvalue weighted by Crippen LogP contribution is 2.27. The van der Waals surface area contributed by atoms with Crippen LogP contribution in [-0.2, 0) is 0 Å². The minimum Gasteiger partial charge on any atom is -0.493 e. The van der Waals surface area contributed by atoms with E-state index in [1.54, 1.807) is 42.5 Å². The quantitative estimate of drug-likeness (QED) is 0.714. The van der Waals surface area contributed by atoms with E-state index in [4.69, 9.17) is 13.9 Å². The maximum Gasteiger partial charge on any atom is 0.251 e. The number of furan rings is 1. The lowest BCUT2D eigenvalue weighted by atomic mass is 10.1. The molecule has 7 nitrogen and oxygen atoms in total. The van der Waals surface area contributed by atoms with Gasteiger partial charge in [-0.3, -0.25) is 9.48 Å². The van der Waals surface area contributed by atoms with Gasteiger partial charge in [-0.25, -0.2) is 0 Å². The van der Waals surface area contributed by atoms with Crippen molar-refractivity contribution in [2.45, 2.75) is 6.04 Å². The Morgan fingerprint density at radius 3 is 2.72 bits per heavy atom. The molecule has 1 amide bonds. The van der Waals surface area contributed by atoms with Crippen molar-refractivity contribution in [1.82, 2.24) is 15.1 Å². The molecule has 1 atom stereocenters. The third-order valence-electron chi connectivity index (χ3n) is 3.82. The number of amides is 1. The van der Waals surface area contributed by atoms with Crippen LogP contribution in [0.3, 0.4) is 0 Å². The Kier molecular flexibility index (Phi) is 5.03. The zero-order valence-corrected chi connectivity index (χ0v) is 14.0. The van der Waals surface area contributed by atoms with Crippen molar-refractivity contribution in [2.24, 2.45) is 0 Å². The Morgan fingerprint density at radius 2 is 2.08 bits per heavy atom. The number of carbonyl (C=O) groups is 1. The molecule has 0 saturated heterocycles. The largest absolute Gasteiger partial charge is 0.493 e. The van der Waals surface area contributed by atoms with Crippen LogP contribution in [0, 0.1) is 0 Å². The van der Waals surface area contributed by atoms with Gasteiger partial charge in [0.2, 0.25) is 0 Å². The molecule has 0 bridgehead atoms. The summed E-state index contributed by atoms with van der Waals surface area (Å²) in [6, 6.07) is 10.3. The van der Waals surface area contributed by atoms with Crippen molar-refractivity contribution in [3.8, 4) is 11.5 Å². The fourth-order valence-corrected chi connectivity index (χ4v) is 2.54. The number of nitrogens with zero attached hydrogens (tertiary/aromatic N) is 2. The van der Waals surface area contributed by atoms with Gasteiger partial charge in [0.25, 0.3) is 5.91 Å². The normalized spacial score (nSPS) is 11.8. The lowest BCUT2D eigenvalue weighted by Gasteiger charge is -2.16. The van der Waals surface area contributed by atoms with Crippen molar-refractivity contribution >= 4 is 5.91 Å². The molecule has 2 heterocycles. The lowest BCUT2D eigenvalue weighted by Crippen LogP contribution is -2.31. The number of hydrogen-bond acceptors (Lipinski definition) is 5. The molecule has 1 unspecified atom stereocenters. The van der Waals surface area contributed by atoms with E-state index >= 15 is 0 Å². The monoisotopic (exact) mass is 341 g/mol. The topological polar surface area (TPSA) is 78.5 Å². The van der Waals surface area contributed by atoms with E-state index in [1.807, 2.05) is 24.4 Å². The fourth-order valence-electron chi connectivity index (χ4n) is 2.54. The number of rotatable bonds is 7.